The molecule has 0 saturated heterocycles. The topological polar surface area (TPSA) is 72.2 Å². The first-order valence-electron chi connectivity index (χ1n) is 4.38. The van der Waals surface area contributed by atoms with Gasteiger partial charge in [0.05, 0.1) is 11.1 Å². The normalized spacial score (nSPS) is 11.0. The Morgan fingerprint density at radius 1 is 1.44 bits per heavy atom. The Balaban J connectivity index is 2.81. The van der Waals surface area contributed by atoms with Crippen LogP contribution in [-0.2, 0) is 4.79 Å². The number of carbonyl (C=O) groups excluding carboxylic acids is 1. The van der Waals surface area contributed by atoms with E-state index in [4.69, 9.17) is 11.6 Å². The summed E-state index contributed by atoms with van der Waals surface area (Å²) >= 11 is 5.67. The summed E-state index contributed by atoms with van der Waals surface area (Å²) in [5, 5.41) is 13.7. The van der Waals surface area contributed by atoms with Crippen LogP contribution in [0, 0.1) is 10.1 Å². The average Bonchev–Trinajstić information content (AvgIpc) is 2.20. The number of allylic oxidation sites excluding steroid dienone is 1. The molecule has 1 aromatic rings. The van der Waals surface area contributed by atoms with Gasteiger partial charge in [-0.05, 0) is 24.3 Å². The van der Waals surface area contributed by atoms with Gasteiger partial charge in [0, 0.05) is 17.6 Å². The quantitative estimate of drug-likeness (QED) is 0.498. The number of nitrogens with zero attached hydrogens (tertiary/aromatic N) is 1. The van der Waals surface area contributed by atoms with Crippen molar-refractivity contribution in [2.75, 3.05) is 5.32 Å². The zero-order valence-electron chi connectivity index (χ0n) is 8.44. The number of Topliss-reactive ketones (excluding diaryl/α,β-unsaturated/α-hetero) is 1. The Labute approximate surface area is 96.9 Å². The lowest BCUT2D eigenvalue weighted by Crippen LogP contribution is -2.09. The van der Waals surface area contributed by atoms with E-state index >= 15 is 0 Å². The molecule has 0 heterocycles. The van der Waals surface area contributed by atoms with Crippen LogP contribution in [0.1, 0.15) is 6.92 Å². The molecule has 84 valence electrons. The summed E-state index contributed by atoms with van der Waals surface area (Å²) < 4.78 is 0. The lowest BCUT2D eigenvalue weighted by Gasteiger charge is -2.00. The monoisotopic (exact) mass is 240 g/mol. The van der Waals surface area contributed by atoms with E-state index in [1.165, 1.54) is 0 Å². The van der Waals surface area contributed by atoms with Gasteiger partial charge in [-0.3, -0.25) is 14.9 Å². The zero-order valence-corrected chi connectivity index (χ0v) is 9.19. The summed E-state index contributed by atoms with van der Waals surface area (Å²) in [4.78, 5) is 20.6. The predicted octanol–water partition coefficient (Wildman–Crippen LogP) is 2.46. The molecular formula is C10H9ClN2O3. The fourth-order valence-corrected chi connectivity index (χ4v) is 1.11. The van der Waals surface area contributed by atoms with E-state index in [9.17, 15) is 14.9 Å². The van der Waals surface area contributed by atoms with Crippen molar-refractivity contribution in [1.82, 2.24) is 0 Å². The van der Waals surface area contributed by atoms with Gasteiger partial charge in [0.15, 0.2) is 0 Å². The van der Waals surface area contributed by atoms with Crippen LogP contribution in [0.4, 0.5) is 5.69 Å². The van der Waals surface area contributed by atoms with E-state index in [0.717, 1.165) is 13.1 Å². The molecule has 1 N–H and O–H groups in total. The number of rotatable bonds is 4. The predicted molar refractivity (Wildman–Crippen MR) is 60.8 cm³/mol. The molecule has 5 nitrogen and oxygen atoms in total. The minimum absolute atomic E-state index is 0.491. The molecule has 1 rings (SSSR count). The molecule has 0 aliphatic heterocycles. The van der Waals surface area contributed by atoms with E-state index in [1.54, 1.807) is 24.3 Å². The summed E-state index contributed by atoms with van der Waals surface area (Å²) in [6.45, 7) is 1.14. The lowest BCUT2D eigenvalue weighted by molar-refractivity contribution is -0.418. The first kappa shape index (κ1) is 12.2. The van der Waals surface area contributed by atoms with E-state index in [1.807, 2.05) is 0 Å². The van der Waals surface area contributed by atoms with Crippen molar-refractivity contribution < 1.29 is 9.72 Å². The van der Waals surface area contributed by atoms with Crippen molar-refractivity contribution in [3.63, 3.8) is 0 Å². The van der Waals surface area contributed by atoms with Crippen molar-refractivity contribution in [2.24, 2.45) is 0 Å². The second kappa shape index (κ2) is 5.27. The maximum absolute atomic E-state index is 10.9. The molecule has 0 aromatic heterocycles. The van der Waals surface area contributed by atoms with Crippen molar-refractivity contribution in [3.8, 4) is 0 Å². The van der Waals surface area contributed by atoms with Crippen LogP contribution >= 0.6 is 11.6 Å². The van der Waals surface area contributed by atoms with Gasteiger partial charge in [0.25, 0.3) is 0 Å². The number of anilines is 1. The summed E-state index contributed by atoms with van der Waals surface area (Å²) in [5.74, 6) is -0.605. The SMILES string of the molecule is CC(=O)/C(=C/Nc1ccc(Cl)cc1)[N+](=O)[O-]. The molecular weight excluding hydrogens is 232 g/mol. The van der Waals surface area contributed by atoms with E-state index in [0.29, 0.717) is 10.7 Å². The maximum Gasteiger partial charge on any atom is 0.327 e. The first-order valence-corrected chi connectivity index (χ1v) is 4.76. The van der Waals surface area contributed by atoms with E-state index < -0.39 is 16.4 Å². The fraction of sp³-hybridized carbons (Fsp3) is 0.100. The van der Waals surface area contributed by atoms with Crippen molar-refractivity contribution >= 4 is 23.1 Å². The Morgan fingerprint density at radius 3 is 2.44 bits per heavy atom. The highest BCUT2D eigenvalue weighted by Crippen LogP contribution is 2.13. The highest BCUT2D eigenvalue weighted by atomic mass is 35.5. The molecule has 0 fully saturated rings. The molecule has 16 heavy (non-hydrogen) atoms. The third kappa shape index (κ3) is 3.36. The van der Waals surface area contributed by atoms with E-state index in [2.05, 4.69) is 5.32 Å². The van der Waals surface area contributed by atoms with Crippen LogP contribution in [0.2, 0.25) is 5.02 Å². The number of nitro groups is 1. The lowest BCUT2D eigenvalue weighted by atomic mass is 10.3. The largest absolute Gasteiger partial charge is 0.356 e. The summed E-state index contributed by atoms with van der Waals surface area (Å²) in [6, 6.07) is 6.57. The second-order valence-electron chi connectivity index (χ2n) is 2.99. The number of hydrogen-bond acceptors (Lipinski definition) is 4. The number of nitrogens with one attached hydrogen (secondary N) is 1. The highest BCUT2D eigenvalue weighted by molar-refractivity contribution is 6.30. The molecule has 0 spiro atoms. The molecule has 0 radical (unpaired) electrons. The van der Waals surface area contributed by atoms with Crippen molar-refractivity contribution in [2.45, 2.75) is 6.92 Å². The van der Waals surface area contributed by atoms with Gasteiger partial charge < -0.3 is 5.32 Å². The van der Waals surface area contributed by atoms with Gasteiger partial charge in [-0.2, -0.15) is 0 Å². The Bertz CT molecular complexity index is 424. The van der Waals surface area contributed by atoms with Crippen molar-refractivity contribution in [3.05, 3.63) is 51.3 Å². The van der Waals surface area contributed by atoms with Crippen LogP contribution < -0.4 is 5.32 Å². The maximum atomic E-state index is 10.9. The van der Waals surface area contributed by atoms with Crippen LogP contribution in [0.25, 0.3) is 0 Å². The standard InChI is InChI=1S/C10H9ClN2O3/c1-7(14)10(13(15)16)6-12-9-4-2-8(11)3-5-9/h2-6,12H,1H3/b10-6-. The zero-order chi connectivity index (χ0) is 12.1. The summed E-state index contributed by atoms with van der Waals surface area (Å²) in [6.07, 6.45) is 1.06. The second-order valence-corrected chi connectivity index (χ2v) is 3.43. The number of benzene rings is 1. The van der Waals surface area contributed by atoms with Crippen LogP contribution in [0.15, 0.2) is 36.2 Å². The number of carbonyl (C=O) groups is 1. The molecule has 0 aliphatic rings. The number of hydrogen-bond donors (Lipinski definition) is 1. The van der Waals surface area contributed by atoms with Crippen molar-refractivity contribution in [1.29, 1.82) is 0 Å². The van der Waals surface area contributed by atoms with Gasteiger partial charge in [-0.1, -0.05) is 11.6 Å². The third-order valence-corrected chi connectivity index (χ3v) is 2.03. The Hall–Kier alpha value is -1.88. The molecule has 0 saturated carbocycles. The molecule has 0 atom stereocenters. The Kier molecular flexibility index (Phi) is 4.02. The minimum atomic E-state index is -0.731. The number of halogens is 1. The molecule has 0 amide bonds. The average molecular weight is 241 g/mol. The fourth-order valence-electron chi connectivity index (χ4n) is 0.981. The van der Waals surface area contributed by atoms with Crippen LogP contribution in [0.5, 0.6) is 0 Å². The van der Waals surface area contributed by atoms with Gasteiger partial charge in [0.2, 0.25) is 5.78 Å². The minimum Gasteiger partial charge on any atom is -0.356 e. The van der Waals surface area contributed by atoms with Crippen LogP contribution in [0.3, 0.4) is 0 Å². The van der Waals surface area contributed by atoms with Gasteiger partial charge in [-0.25, -0.2) is 0 Å². The van der Waals surface area contributed by atoms with Gasteiger partial charge in [-0.15, -0.1) is 0 Å². The molecule has 0 bridgehead atoms. The van der Waals surface area contributed by atoms with Crippen LogP contribution in [-0.4, -0.2) is 10.7 Å². The summed E-state index contributed by atoms with van der Waals surface area (Å²) in [7, 11) is 0. The molecule has 0 unspecified atom stereocenters. The van der Waals surface area contributed by atoms with Gasteiger partial charge >= 0.3 is 5.70 Å². The van der Waals surface area contributed by atoms with E-state index in [-0.39, 0.29) is 0 Å². The van der Waals surface area contributed by atoms with Gasteiger partial charge in [0.1, 0.15) is 0 Å². The molecule has 1 aromatic carbocycles. The Morgan fingerprint density at radius 2 is 2.00 bits per heavy atom. The third-order valence-electron chi connectivity index (χ3n) is 1.78. The molecule has 0 aliphatic carbocycles. The first-order chi connectivity index (χ1) is 7.50. The number of ketones is 1. The molecule has 6 heteroatoms. The summed E-state index contributed by atoms with van der Waals surface area (Å²) in [5.41, 5.74) is 0.125. The smallest absolute Gasteiger partial charge is 0.327 e. The highest BCUT2D eigenvalue weighted by Gasteiger charge is 2.15.